The summed E-state index contributed by atoms with van der Waals surface area (Å²) in [7, 11) is 3.46. The number of nitrogens with one attached hydrogen (secondary N) is 1. The lowest BCUT2D eigenvalue weighted by atomic mass is 10.0. The molecule has 0 saturated heterocycles. The predicted molar refractivity (Wildman–Crippen MR) is 119 cm³/mol. The van der Waals surface area contributed by atoms with E-state index >= 15 is 0 Å². The van der Waals surface area contributed by atoms with Crippen LogP contribution < -0.4 is 10.1 Å². The minimum absolute atomic E-state index is 0.177. The Morgan fingerprint density at radius 2 is 2.06 bits per heavy atom. The monoisotopic (exact) mass is 418 g/mol. The molecule has 4 aromatic rings. The molecule has 0 spiro atoms. The smallest absolute Gasteiger partial charge is 0.252 e. The maximum absolute atomic E-state index is 13.4. The third-order valence-electron chi connectivity index (χ3n) is 5.42. The molecule has 1 amide bonds. The second-order valence-corrected chi connectivity index (χ2v) is 7.46. The number of hydrogen-bond donors (Lipinski definition) is 1. The Kier molecular flexibility index (Phi) is 5.46. The minimum Gasteiger partial charge on any atom is -0.497 e. The number of aryl methyl sites for hydroxylation is 3. The number of pyridine rings is 1. The van der Waals surface area contributed by atoms with Gasteiger partial charge in [0, 0.05) is 25.4 Å². The van der Waals surface area contributed by atoms with Crippen molar-refractivity contribution in [3.05, 3.63) is 59.5 Å². The van der Waals surface area contributed by atoms with Crippen molar-refractivity contribution in [1.29, 1.82) is 0 Å². The van der Waals surface area contributed by atoms with Crippen LogP contribution in [0.3, 0.4) is 0 Å². The molecular weight excluding hydrogens is 392 g/mol. The number of nitrogens with zero attached hydrogens (tertiary/aromatic N) is 5. The molecule has 31 heavy (non-hydrogen) atoms. The van der Waals surface area contributed by atoms with E-state index in [4.69, 9.17) is 9.72 Å². The van der Waals surface area contributed by atoms with E-state index in [9.17, 15) is 4.79 Å². The Morgan fingerprint density at radius 3 is 2.81 bits per heavy atom. The van der Waals surface area contributed by atoms with E-state index in [-0.39, 0.29) is 11.9 Å². The molecule has 0 saturated carbocycles. The lowest BCUT2D eigenvalue weighted by molar-refractivity contribution is 0.0940. The molecule has 0 radical (unpaired) electrons. The molecule has 1 N–H and O–H groups in total. The molecule has 8 heteroatoms. The van der Waals surface area contributed by atoms with Crippen LogP contribution in [0.5, 0.6) is 5.75 Å². The van der Waals surface area contributed by atoms with E-state index in [0.717, 1.165) is 34.6 Å². The van der Waals surface area contributed by atoms with E-state index in [1.165, 1.54) is 0 Å². The maximum Gasteiger partial charge on any atom is 0.252 e. The highest BCUT2D eigenvalue weighted by atomic mass is 16.5. The van der Waals surface area contributed by atoms with Crippen molar-refractivity contribution >= 4 is 16.9 Å². The standard InChI is InChI=1S/C23H26N6O2/c1-6-29-20(10-11-24-29)14(2)25-23(30)18-13-19(16-8-7-9-17(12-16)31-5)26-22-21(18)15(3)27-28(22)4/h7-14H,6H2,1-5H3,(H,25,30). The van der Waals surface area contributed by atoms with Crippen LogP contribution in [0, 0.1) is 6.92 Å². The molecule has 3 heterocycles. The molecule has 0 aliphatic carbocycles. The van der Waals surface area contributed by atoms with Crippen molar-refractivity contribution in [1.82, 2.24) is 29.9 Å². The molecule has 0 aliphatic rings. The summed E-state index contributed by atoms with van der Waals surface area (Å²) in [5.74, 6) is 0.553. The zero-order valence-electron chi connectivity index (χ0n) is 18.4. The summed E-state index contributed by atoms with van der Waals surface area (Å²) in [6.07, 6.45) is 1.75. The Labute approximate surface area is 180 Å². The summed E-state index contributed by atoms with van der Waals surface area (Å²) in [6, 6.07) is 11.2. The van der Waals surface area contributed by atoms with Gasteiger partial charge in [0.1, 0.15) is 5.75 Å². The third kappa shape index (κ3) is 3.76. The first kappa shape index (κ1) is 20.6. The average molecular weight is 419 g/mol. The second-order valence-electron chi connectivity index (χ2n) is 7.46. The van der Waals surface area contributed by atoms with Gasteiger partial charge in [-0.05, 0) is 45.0 Å². The van der Waals surface area contributed by atoms with Crippen molar-refractivity contribution in [3.63, 3.8) is 0 Å². The second kappa shape index (κ2) is 8.22. The molecule has 0 fully saturated rings. The fourth-order valence-electron chi connectivity index (χ4n) is 3.88. The van der Waals surface area contributed by atoms with Crippen LogP contribution in [0.1, 0.15) is 41.6 Å². The van der Waals surface area contributed by atoms with Gasteiger partial charge in [-0.15, -0.1) is 0 Å². The Balaban J connectivity index is 1.79. The topological polar surface area (TPSA) is 86.9 Å². The molecule has 1 unspecified atom stereocenters. The number of methoxy groups -OCH3 is 1. The summed E-state index contributed by atoms with van der Waals surface area (Å²) in [4.78, 5) is 18.2. The highest BCUT2D eigenvalue weighted by molar-refractivity contribution is 6.07. The molecule has 4 rings (SSSR count). The van der Waals surface area contributed by atoms with Crippen molar-refractivity contribution in [3.8, 4) is 17.0 Å². The summed E-state index contributed by atoms with van der Waals surface area (Å²) in [5.41, 5.74) is 4.48. The molecule has 3 aromatic heterocycles. The largest absolute Gasteiger partial charge is 0.497 e. The zero-order valence-corrected chi connectivity index (χ0v) is 18.4. The zero-order chi connectivity index (χ0) is 22.1. The number of ether oxygens (including phenoxy) is 1. The summed E-state index contributed by atoms with van der Waals surface area (Å²) >= 11 is 0. The summed E-state index contributed by atoms with van der Waals surface area (Å²) < 4.78 is 8.94. The van der Waals surface area contributed by atoms with Crippen molar-refractivity contribution in [2.45, 2.75) is 33.4 Å². The van der Waals surface area contributed by atoms with Crippen molar-refractivity contribution < 1.29 is 9.53 Å². The first-order chi connectivity index (χ1) is 14.9. The Morgan fingerprint density at radius 1 is 1.26 bits per heavy atom. The van der Waals surface area contributed by atoms with Crippen LogP contribution in [0.25, 0.3) is 22.3 Å². The predicted octanol–water partition coefficient (Wildman–Crippen LogP) is 3.66. The van der Waals surface area contributed by atoms with Crippen LogP contribution in [0.4, 0.5) is 0 Å². The average Bonchev–Trinajstić information content (AvgIpc) is 3.37. The number of benzene rings is 1. The fraction of sp³-hybridized carbons (Fsp3) is 0.304. The molecule has 160 valence electrons. The number of hydrogen-bond acceptors (Lipinski definition) is 5. The number of rotatable bonds is 6. The molecule has 8 nitrogen and oxygen atoms in total. The van der Waals surface area contributed by atoms with Gasteiger partial charge in [0.15, 0.2) is 5.65 Å². The molecule has 0 aliphatic heterocycles. The van der Waals surface area contributed by atoms with Gasteiger partial charge >= 0.3 is 0 Å². The van der Waals surface area contributed by atoms with Gasteiger partial charge in [0.05, 0.1) is 41.2 Å². The van der Waals surface area contributed by atoms with Crippen LogP contribution in [0.2, 0.25) is 0 Å². The molecule has 0 bridgehead atoms. The van der Waals surface area contributed by atoms with Gasteiger partial charge < -0.3 is 10.1 Å². The van der Waals surface area contributed by atoms with E-state index < -0.39 is 0 Å². The van der Waals surface area contributed by atoms with Crippen molar-refractivity contribution in [2.75, 3.05) is 7.11 Å². The van der Waals surface area contributed by atoms with Gasteiger partial charge in [0.25, 0.3) is 5.91 Å². The summed E-state index contributed by atoms with van der Waals surface area (Å²) in [5, 5.41) is 12.7. The molecule has 1 atom stereocenters. The van der Waals surface area contributed by atoms with E-state index in [1.54, 1.807) is 18.0 Å². The first-order valence-corrected chi connectivity index (χ1v) is 10.2. The van der Waals surface area contributed by atoms with E-state index in [2.05, 4.69) is 15.5 Å². The van der Waals surface area contributed by atoms with Gasteiger partial charge in [0.2, 0.25) is 0 Å². The van der Waals surface area contributed by atoms with Crippen LogP contribution in [0.15, 0.2) is 42.6 Å². The first-order valence-electron chi connectivity index (χ1n) is 10.2. The number of carbonyl (C=O) groups is 1. The van der Waals surface area contributed by atoms with Gasteiger partial charge in [-0.25, -0.2) is 4.98 Å². The van der Waals surface area contributed by atoms with Crippen LogP contribution in [-0.2, 0) is 13.6 Å². The maximum atomic E-state index is 13.4. The minimum atomic E-state index is -0.199. The highest BCUT2D eigenvalue weighted by Crippen LogP contribution is 2.29. The lowest BCUT2D eigenvalue weighted by Crippen LogP contribution is -2.28. The number of fused-ring (bicyclic) bond motifs is 1. The number of amides is 1. The SMILES string of the molecule is CCn1nccc1C(C)NC(=O)c1cc(-c2cccc(OC)c2)nc2c1c(C)nn2C. The van der Waals surface area contributed by atoms with E-state index in [1.807, 2.05) is 68.9 Å². The third-order valence-corrected chi connectivity index (χ3v) is 5.42. The van der Waals surface area contributed by atoms with E-state index in [0.29, 0.717) is 16.9 Å². The summed E-state index contributed by atoms with van der Waals surface area (Å²) in [6.45, 7) is 6.61. The Hall–Kier alpha value is -3.68. The molecule has 1 aromatic carbocycles. The number of carbonyl (C=O) groups excluding carboxylic acids is 1. The Bertz CT molecular complexity index is 1260. The molecular formula is C23H26N6O2. The fourth-order valence-corrected chi connectivity index (χ4v) is 3.88. The number of aromatic nitrogens is 5. The van der Waals surface area contributed by atoms with Crippen LogP contribution >= 0.6 is 0 Å². The highest BCUT2D eigenvalue weighted by Gasteiger charge is 2.22. The normalized spacial score (nSPS) is 12.2. The van der Waals surface area contributed by atoms with Gasteiger partial charge in [-0.1, -0.05) is 12.1 Å². The van der Waals surface area contributed by atoms with Gasteiger partial charge in [-0.3, -0.25) is 14.2 Å². The van der Waals surface area contributed by atoms with Gasteiger partial charge in [-0.2, -0.15) is 10.2 Å². The quantitative estimate of drug-likeness (QED) is 0.516. The van der Waals surface area contributed by atoms with Crippen LogP contribution in [-0.4, -0.2) is 37.6 Å². The van der Waals surface area contributed by atoms with Crippen molar-refractivity contribution in [2.24, 2.45) is 7.05 Å². The lowest BCUT2D eigenvalue weighted by Gasteiger charge is -2.16.